The van der Waals surface area contributed by atoms with Crippen LogP contribution in [0.15, 0.2) is 97.1 Å². The summed E-state index contributed by atoms with van der Waals surface area (Å²) in [5.74, 6) is 2.37. The molecule has 4 aromatic carbocycles. The first-order valence-corrected chi connectivity index (χ1v) is 9.80. The van der Waals surface area contributed by atoms with Crippen LogP contribution >= 0.6 is 0 Å². The SMILES string of the molecule is Cc1ccc(-n2c(-c3ccccc3)nc3c(Oc4ccc(O)cc4)cccc32)cc1. The molecule has 0 fully saturated rings. The van der Waals surface area contributed by atoms with Gasteiger partial charge in [0, 0.05) is 11.3 Å². The van der Waals surface area contributed by atoms with Crippen LogP contribution < -0.4 is 4.74 Å². The predicted molar refractivity (Wildman–Crippen MR) is 119 cm³/mol. The second-order valence-electron chi connectivity index (χ2n) is 7.19. The molecule has 5 aromatic rings. The third-order valence-corrected chi connectivity index (χ3v) is 5.04. The number of ether oxygens (including phenoxy) is 1. The number of aromatic hydroxyl groups is 1. The van der Waals surface area contributed by atoms with Crippen molar-refractivity contribution in [1.82, 2.24) is 9.55 Å². The van der Waals surface area contributed by atoms with Crippen LogP contribution in [-0.2, 0) is 0 Å². The van der Waals surface area contributed by atoms with Gasteiger partial charge >= 0.3 is 0 Å². The van der Waals surface area contributed by atoms with Crippen molar-refractivity contribution in [3.63, 3.8) is 0 Å². The fourth-order valence-corrected chi connectivity index (χ4v) is 3.53. The highest BCUT2D eigenvalue weighted by Crippen LogP contribution is 2.35. The first-order valence-electron chi connectivity index (χ1n) is 9.80. The second-order valence-corrected chi connectivity index (χ2v) is 7.19. The highest BCUT2D eigenvalue weighted by molar-refractivity contribution is 5.88. The molecule has 0 radical (unpaired) electrons. The summed E-state index contributed by atoms with van der Waals surface area (Å²) < 4.78 is 8.28. The normalized spacial score (nSPS) is 11.0. The van der Waals surface area contributed by atoms with Crippen molar-refractivity contribution < 1.29 is 9.84 Å². The number of imidazole rings is 1. The van der Waals surface area contributed by atoms with E-state index in [1.54, 1.807) is 24.3 Å². The van der Waals surface area contributed by atoms with Crippen molar-refractivity contribution in [3.8, 4) is 34.3 Å². The number of phenolic OH excluding ortho intramolecular Hbond substituents is 1. The number of fused-ring (bicyclic) bond motifs is 1. The van der Waals surface area contributed by atoms with Crippen molar-refractivity contribution in [2.24, 2.45) is 0 Å². The molecule has 0 aliphatic rings. The third-order valence-electron chi connectivity index (χ3n) is 5.04. The van der Waals surface area contributed by atoms with Gasteiger partial charge in [0.1, 0.15) is 22.8 Å². The van der Waals surface area contributed by atoms with Crippen LogP contribution in [-0.4, -0.2) is 14.7 Å². The minimum absolute atomic E-state index is 0.204. The van der Waals surface area contributed by atoms with Gasteiger partial charge in [-0.05, 0) is 55.5 Å². The lowest BCUT2D eigenvalue weighted by Crippen LogP contribution is -1.97. The van der Waals surface area contributed by atoms with Gasteiger partial charge in [-0.15, -0.1) is 0 Å². The summed E-state index contributed by atoms with van der Waals surface area (Å²) in [5, 5.41) is 9.53. The molecule has 0 atom stereocenters. The summed E-state index contributed by atoms with van der Waals surface area (Å²) in [4.78, 5) is 4.98. The topological polar surface area (TPSA) is 47.3 Å². The van der Waals surface area contributed by atoms with E-state index in [4.69, 9.17) is 9.72 Å². The van der Waals surface area contributed by atoms with Gasteiger partial charge in [0.15, 0.2) is 5.75 Å². The van der Waals surface area contributed by atoms with E-state index >= 15 is 0 Å². The Kier molecular flexibility index (Phi) is 4.45. The molecule has 0 bridgehead atoms. The summed E-state index contributed by atoms with van der Waals surface area (Å²) in [5.41, 5.74) is 5.04. The maximum atomic E-state index is 9.53. The minimum atomic E-state index is 0.204. The second kappa shape index (κ2) is 7.41. The number of benzene rings is 4. The Morgan fingerprint density at radius 1 is 0.767 bits per heavy atom. The molecule has 0 aliphatic carbocycles. The molecule has 0 aliphatic heterocycles. The lowest BCUT2D eigenvalue weighted by atomic mass is 10.2. The fourth-order valence-electron chi connectivity index (χ4n) is 3.53. The molecule has 30 heavy (non-hydrogen) atoms. The summed E-state index contributed by atoms with van der Waals surface area (Å²) in [6, 6.07) is 31.2. The lowest BCUT2D eigenvalue weighted by molar-refractivity contribution is 0.466. The lowest BCUT2D eigenvalue weighted by Gasteiger charge is -2.10. The Labute approximate surface area is 174 Å². The molecule has 1 heterocycles. The molecular formula is C26H20N2O2. The number of hydrogen-bond donors (Lipinski definition) is 1. The van der Waals surface area contributed by atoms with E-state index in [1.165, 1.54) is 5.56 Å². The molecule has 0 spiro atoms. The molecule has 1 N–H and O–H groups in total. The molecule has 146 valence electrons. The number of nitrogens with zero attached hydrogens (tertiary/aromatic N) is 2. The summed E-state index contributed by atoms with van der Waals surface area (Å²) >= 11 is 0. The zero-order valence-corrected chi connectivity index (χ0v) is 16.5. The molecule has 4 nitrogen and oxygen atoms in total. The fraction of sp³-hybridized carbons (Fsp3) is 0.0385. The first-order chi connectivity index (χ1) is 14.7. The largest absolute Gasteiger partial charge is 0.508 e. The zero-order chi connectivity index (χ0) is 20.5. The van der Waals surface area contributed by atoms with E-state index in [0.717, 1.165) is 28.1 Å². The highest BCUT2D eigenvalue weighted by atomic mass is 16.5. The smallest absolute Gasteiger partial charge is 0.155 e. The molecule has 0 amide bonds. The maximum absolute atomic E-state index is 9.53. The van der Waals surface area contributed by atoms with Gasteiger partial charge in [-0.2, -0.15) is 0 Å². The number of phenols is 1. The van der Waals surface area contributed by atoms with Crippen LogP contribution in [0.1, 0.15) is 5.56 Å². The summed E-state index contributed by atoms with van der Waals surface area (Å²) in [6.07, 6.45) is 0. The van der Waals surface area contributed by atoms with Crippen molar-refractivity contribution in [2.45, 2.75) is 6.92 Å². The highest BCUT2D eigenvalue weighted by Gasteiger charge is 2.17. The van der Waals surface area contributed by atoms with Gasteiger partial charge in [-0.25, -0.2) is 4.98 Å². The first kappa shape index (κ1) is 18.0. The van der Waals surface area contributed by atoms with E-state index in [0.29, 0.717) is 11.5 Å². The van der Waals surface area contributed by atoms with Gasteiger partial charge in [0.25, 0.3) is 0 Å². The van der Waals surface area contributed by atoms with Crippen LogP contribution in [0.25, 0.3) is 28.1 Å². The summed E-state index contributed by atoms with van der Waals surface area (Å²) in [6.45, 7) is 2.08. The average molecular weight is 392 g/mol. The van der Waals surface area contributed by atoms with E-state index in [1.807, 2.05) is 30.3 Å². The molecule has 4 heteroatoms. The van der Waals surface area contributed by atoms with Gasteiger partial charge < -0.3 is 9.84 Å². The number of para-hydroxylation sites is 1. The average Bonchev–Trinajstić information content (AvgIpc) is 3.17. The molecule has 1 aromatic heterocycles. The third kappa shape index (κ3) is 3.29. The molecule has 0 saturated heterocycles. The number of hydrogen-bond acceptors (Lipinski definition) is 3. The Hall–Kier alpha value is -4.05. The van der Waals surface area contributed by atoms with Crippen LogP contribution in [0.2, 0.25) is 0 Å². The van der Waals surface area contributed by atoms with Crippen molar-refractivity contribution in [3.05, 3.63) is 103 Å². The van der Waals surface area contributed by atoms with Crippen LogP contribution in [0, 0.1) is 6.92 Å². The Bertz CT molecular complexity index is 1310. The van der Waals surface area contributed by atoms with E-state index in [-0.39, 0.29) is 5.75 Å². The molecule has 0 saturated carbocycles. The van der Waals surface area contributed by atoms with E-state index < -0.39 is 0 Å². The predicted octanol–water partition coefficient (Wildman–Crippen LogP) is 6.50. The monoisotopic (exact) mass is 392 g/mol. The number of rotatable bonds is 4. The van der Waals surface area contributed by atoms with Crippen molar-refractivity contribution in [1.29, 1.82) is 0 Å². The van der Waals surface area contributed by atoms with Gasteiger partial charge in [-0.3, -0.25) is 4.57 Å². The zero-order valence-electron chi connectivity index (χ0n) is 16.5. The van der Waals surface area contributed by atoms with Crippen LogP contribution in [0.3, 0.4) is 0 Å². The minimum Gasteiger partial charge on any atom is -0.508 e. The van der Waals surface area contributed by atoms with Gasteiger partial charge in [0.2, 0.25) is 0 Å². The Morgan fingerprint density at radius 3 is 2.23 bits per heavy atom. The van der Waals surface area contributed by atoms with Gasteiger partial charge in [-0.1, -0.05) is 54.1 Å². The van der Waals surface area contributed by atoms with Crippen molar-refractivity contribution in [2.75, 3.05) is 0 Å². The Morgan fingerprint density at radius 2 is 1.50 bits per heavy atom. The van der Waals surface area contributed by atoms with Crippen molar-refractivity contribution >= 4 is 11.0 Å². The molecular weight excluding hydrogens is 372 g/mol. The standard InChI is InChI=1S/C26H20N2O2/c1-18-10-12-20(13-11-18)28-23-8-5-9-24(30-22-16-14-21(29)15-17-22)25(23)27-26(28)19-6-3-2-4-7-19/h2-17,29H,1H3. The Balaban J connectivity index is 1.72. The maximum Gasteiger partial charge on any atom is 0.155 e. The quantitative estimate of drug-likeness (QED) is 0.380. The van der Waals surface area contributed by atoms with E-state index in [2.05, 4.69) is 54.0 Å². The van der Waals surface area contributed by atoms with E-state index in [9.17, 15) is 5.11 Å². The molecule has 0 unspecified atom stereocenters. The van der Waals surface area contributed by atoms with Crippen LogP contribution in [0.4, 0.5) is 0 Å². The number of aryl methyl sites for hydroxylation is 1. The number of aromatic nitrogens is 2. The molecule has 5 rings (SSSR count). The summed E-state index contributed by atoms with van der Waals surface area (Å²) in [7, 11) is 0. The van der Waals surface area contributed by atoms with Gasteiger partial charge in [0.05, 0.1) is 5.52 Å². The van der Waals surface area contributed by atoms with Crippen LogP contribution in [0.5, 0.6) is 17.2 Å².